The van der Waals surface area contributed by atoms with Crippen LogP contribution in [0, 0.1) is 13.8 Å². The van der Waals surface area contributed by atoms with Crippen molar-refractivity contribution < 1.29 is 17.9 Å². The number of nitrogens with one attached hydrogen (secondary N) is 1. The fourth-order valence-corrected chi connectivity index (χ4v) is 3.47. The fraction of sp³-hybridized carbons (Fsp3) is 0.333. The highest BCUT2D eigenvalue weighted by Crippen LogP contribution is 2.21. The van der Waals surface area contributed by atoms with Crippen LogP contribution in [0.15, 0.2) is 41.6 Å². The van der Waals surface area contributed by atoms with Gasteiger partial charge in [0.1, 0.15) is 0 Å². The first-order chi connectivity index (χ1) is 11.8. The van der Waals surface area contributed by atoms with Gasteiger partial charge in [-0.1, -0.05) is 0 Å². The molecule has 1 heterocycles. The van der Waals surface area contributed by atoms with E-state index in [2.05, 4.69) is 9.71 Å². The van der Waals surface area contributed by atoms with E-state index in [0.717, 1.165) is 17.5 Å². The van der Waals surface area contributed by atoms with Crippen LogP contribution in [0.2, 0.25) is 0 Å². The normalized spacial score (nSPS) is 11.3. The lowest BCUT2D eigenvalue weighted by Crippen LogP contribution is -2.21. The highest BCUT2D eigenvalue weighted by Gasteiger charge is 2.19. The number of aromatic nitrogens is 1. The monoisotopic (exact) mass is 362 g/mol. The molecule has 1 N–H and O–H groups in total. The lowest BCUT2D eigenvalue weighted by Gasteiger charge is -2.12. The van der Waals surface area contributed by atoms with Gasteiger partial charge in [-0.25, -0.2) is 17.9 Å². The lowest BCUT2D eigenvalue weighted by molar-refractivity contribution is 0.0500. The zero-order valence-electron chi connectivity index (χ0n) is 14.6. The summed E-state index contributed by atoms with van der Waals surface area (Å²) >= 11 is 0. The van der Waals surface area contributed by atoms with Crippen LogP contribution in [0.5, 0.6) is 0 Å². The lowest BCUT2D eigenvalue weighted by atomic mass is 10.1. The van der Waals surface area contributed by atoms with E-state index in [4.69, 9.17) is 4.74 Å². The number of aryl methyl sites for hydroxylation is 2. The van der Waals surface area contributed by atoms with Crippen molar-refractivity contribution in [1.29, 1.82) is 0 Å². The molecular weight excluding hydrogens is 340 g/mol. The second-order valence-corrected chi connectivity index (χ2v) is 7.57. The van der Waals surface area contributed by atoms with Crippen molar-refractivity contribution >= 4 is 16.0 Å². The van der Waals surface area contributed by atoms with Crippen molar-refractivity contribution in [2.45, 2.75) is 31.6 Å². The van der Waals surface area contributed by atoms with E-state index in [1.807, 2.05) is 12.1 Å². The van der Waals surface area contributed by atoms with Gasteiger partial charge in [0.2, 0.25) is 10.0 Å². The Morgan fingerprint density at radius 2 is 1.88 bits per heavy atom. The Labute approximate surface area is 148 Å². The predicted molar refractivity (Wildman–Crippen MR) is 95.0 cm³/mol. The summed E-state index contributed by atoms with van der Waals surface area (Å²) in [5.74, 6) is -0.523. The van der Waals surface area contributed by atoms with Crippen LogP contribution in [0.4, 0.5) is 0 Å². The van der Waals surface area contributed by atoms with Crippen molar-refractivity contribution in [3.05, 3.63) is 58.9 Å². The van der Waals surface area contributed by atoms with E-state index < -0.39 is 16.0 Å². The predicted octanol–water partition coefficient (Wildman–Crippen LogP) is 2.40. The molecule has 0 unspecified atom stereocenters. The van der Waals surface area contributed by atoms with E-state index >= 15 is 0 Å². The summed E-state index contributed by atoms with van der Waals surface area (Å²) in [6.45, 7) is 3.75. The molecule has 2 rings (SSSR count). The Hall–Kier alpha value is -2.25. The van der Waals surface area contributed by atoms with Crippen molar-refractivity contribution in [2.75, 3.05) is 13.7 Å². The largest absolute Gasteiger partial charge is 0.462 e. The summed E-state index contributed by atoms with van der Waals surface area (Å²) in [5.41, 5.74) is 2.70. The number of hydrogen-bond acceptors (Lipinski definition) is 5. The molecule has 1 aromatic heterocycles. The molecule has 0 aliphatic heterocycles. The van der Waals surface area contributed by atoms with E-state index in [0.29, 0.717) is 12.0 Å². The van der Waals surface area contributed by atoms with Crippen LogP contribution in [-0.2, 0) is 21.2 Å². The molecule has 0 saturated carbocycles. The number of hydrogen-bond donors (Lipinski definition) is 1. The zero-order chi connectivity index (χ0) is 18.4. The molecule has 0 radical (unpaired) electrons. The molecular formula is C18H22N2O4S. The molecule has 0 aliphatic carbocycles. The molecule has 0 saturated heterocycles. The number of carbonyl (C=O) groups excluding carboxylic acids is 1. The van der Waals surface area contributed by atoms with Gasteiger partial charge in [-0.3, -0.25) is 4.98 Å². The third kappa shape index (κ3) is 4.87. The maximum absolute atomic E-state index is 12.2. The quantitative estimate of drug-likeness (QED) is 0.604. The second-order valence-electron chi connectivity index (χ2n) is 5.72. The molecule has 0 bridgehead atoms. The minimum atomic E-state index is -3.63. The topological polar surface area (TPSA) is 85.4 Å². The maximum Gasteiger partial charge on any atom is 0.338 e. The van der Waals surface area contributed by atoms with Crippen LogP contribution in [0.3, 0.4) is 0 Å². The molecule has 2 aromatic rings. The standard InChI is InChI=1S/C18H22N2O4S/c1-13-11-16(12-17(14(13)2)25(22,23)19-3)18(21)24-10-4-5-15-6-8-20-9-7-15/h6-9,11-12,19H,4-5,10H2,1-3H3. The number of pyridine rings is 1. The highest BCUT2D eigenvalue weighted by atomic mass is 32.2. The van der Waals surface area contributed by atoms with Gasteiger partial charge in [0, 0.05) is 12.4 Å². The molecule has 0 atom stereocenters. The maximum atomic E-state index is 12.2. The molecule has 0 amide bonds. The molecule has 134 valence electrons. The van der Waals surface area contributed by atoms with Crippen molar-refractivity contribution in [3.8, 4) is 0 Å². The van der Waals surface area contributed by atoms with Gasteiger partial charge in [-0.2, -0.15) is 0 Å². The molecule has 6 nitrogen and oxygen atoms in total. The Kier molecular flexibility index (Phi) is 6.27. The Bertz CT molecular complexity index is 849. The number of rotatable bonds is 7. The van der Waals surface area contributed by atoms with Crippen molar-refractivity contribution in [3.63, 3.8) is 0 Å². The van der Waals surface area contributed by atoms with Gasteiger partial charge in [-0.15, -0.1) is 0 Å². The minimum Gasteiger partial charge on any atom is -0.462 e. The van der Waals surface area contributed by atoms with E-state index in [1.54, 1.807) is 32.3 Å². The number of benzene rings is 1. The summed E-state index contributed by atoms with van der Waals surface area (Å²) in [6.07, 6.45) is 4.91. The Morgan fingerprint density at radius 1 is 1.20 bits per heavy atom. The van der Waals surface area contributed by atoms with Crippen molar-refractivity contribution in [1.82, 2.24) is 9.71 Å². The average molecular weight is 362 g/mol. The van der Waals surface area contributed by atoms with Crippen LogP contribution in [-0.4, -0.2) is 33.0 Å². The summed E-state index contributed by atoms with van der Waals surface area (Å²) < 4.78 is 31.7. The first-order valence-corrected chi connectivity index (χ1v) is 9.44. The van der Waals surface area contributed by atoms with Crippen LogP contribution < -0.4 is 4.72 Å². The van der Waals surface area contributed by atoms with Gasteiger partial charge >= 0.3 is 5.97 Å². The van der Waals surface area contributed by atoms with Gasteiger partial charge in [-0.05, 0) is 74.7 Å². The van der Waals surface area contributed by atoms with E-state index in [-0.39, 0.29) is 17.1 Å². The van der Waals surface area contributed by atoms with Crippen LogP contribution >= 0.6 is 0 Å². The second kappa shape index (κ2) is 8.22. The smallest absolute Gasteiger partial charge is 0.338 e. The first-order valence-electron chi connectivity index (χ1n) is 7.96. The number of ether oxygens (including phenoxy) is 1. The zero-order valence-corrected chi connectivity index (χ0v) is 15.4. The highest BCUT2D eigenvalue weighted by molar-refractivity contribution is 7.89. The first kappa shape index (κ1) is 19.1. The molecule has 7 heteroatoms. The Balaban J connectivity index is 2.04. The van der Waals surface area contributed by atoms with Gasteiger partial charge in [0.05, 0.1) is 17.1 Å². The van der Waals surface area contributed by atoms with Gasteiger partial charge in [0.25, 0.3) is 0 Å². The van der Waals surface area contributed by atoms with Crippen LogP contribution in [0.1, 0.15) is 33.5 Å². The minimum absolute atomic E-state index is 0.0961. The number of nitrogens with zero attached hydrogens (tertiary/aromatic N) is 1. The number of sulfonamides is 1. The number of carbonyl (C=O) groups is 1. The van der Waals surface area contributed by atoms with Gasteiger partial charge in [0.15, 0.2) is 0 Å². The third-order valence-corrected chi connectivity index (χ3v) is 5.55. The fourth-order valence-electron chi connectivity index (χ4n) is 2.41. The summed E-state index contributed by atoms with van der Waals surface area (Å²) in [7, 11) is -2.29. The Morgan fingerprint density at radius 3 is 2.52 bits per heavy atom. The molecule has 25 heavy (non-hydrogen) atoms. The van der Waals surface area contributed by atoms with Gasteiger partial charge < -0.3 is 4.74 Å². The molecule has 0 fully saturated rings. The third-order valence-electron chi connectivity index (χ3n) is 4.01. The SMILES string of the molecule is CNS(=O)(=O)c1cc(C(=O)OCCCc2ccncc2)cc(C)c1C. The van der Waals surface area contributed by atoms with Crippen LogP contribution in [0.25, 0.3) is 0 Å². The molecule has 0 aliphatic rings. The summed E-state index contributed by atoms with van der Waals surface area (Å²) in [6, 6.07) is 6.84. The average Bonchev–Trinajstić information content (AvgIpc) is 2.61. The van der Waals surface area contributed by atoms with E-state index in [1.165, 1.54) is 13.1 Å². The van der Waals surface area contributed by atoms with E-state index in [9.17, 15) is 13.2 Å². The molecule has 0 spiro atoms. The summed E-state index contributed by atoms with van der Waals surface area (Å²) in [5, 5.41) is 0. The summed E-state index contributed by atoms with van der Waals surface area (Å²) in [4.78, 5) is 16.3. The number of esters is 1. The molecule has 1 aromatic carbocycles. The van der Waals surface area contributed by atoms with Crippen molar-refractivity contribution in [2.24, 2.45) is 0 Å².